The van der Waals surface area contributed by atoms with Gasteiger partial charge < -0.3 is 14.6 Å². The molecule has 0 aromatic heterocycles. The molecule has 1 heterocycles. The molecule has 1 aliphatic rings. The predicted molar refractivity (Wildman–Crippen MR) is 85.1 cm³/mol. The number of aliphatic hydroxyl groups is 1. The second-order valence-electron chi connectivity index (χ2n) is 6.50. The Hall–Kier alpha value is -1.76. The van der Waals surface area contributed by atoms with Gasteiger partial charge in [0.25, 0.3) is 0 Å². The zero-order valence-electron chi connectivity index (χ0n) is 14.6. The molecule has 1 N–H and O–H groups in total. The molecule has 0 saturated carbocycles. The zero-order chi connectivity index (χ0) is 18.9. The van der Waals surface area contributed by atoms with Crippen LogP contribution in [0.1, 0.15) is 57.6 Å². The molecule has 25 heavy (non-hydrogen) atoms. The number of hydrogen-bond donors (Lipinski definition) is 1. The lowest BCUT2D eigenvalue weighted by Crippen LogP contribution is -2.48. The Morgan fingerprint density at radius 3 is 2.48 bits per heavy atom. The number of alkyl halides is 3. The molecule has 1 aromatic rings. The van der Waals surface area contributed by atoms with Crippen molar-refractivity contribution in [2.24, 2.45) is 0 Å². The van der Waals surface area contributed by atoms with Crippen molar-refractivity contribution in [2.45, 2.75) is 63.8 Å². The average molecular weight is 360 g/mol. The lowest BCUT2D eigenvalue weighted by atomic mass is 9.75. The predicted octanol–water partition coefficient (Wildman–Crippen LogP) is 4.19. The maximum atomic E-state index is 13.0. The normalized spacial score (nSPS) is 22.0. The van der Waals surface area contributed by atoms with E-state index >= 15 is 0 Å². The fourth-order valence-corrected chi connectivity index (χ4v) is 3.30. The van der Waals surface area contributed by atoms with Gasteiger partial charge in [-0.05, 0) is 25.0 Å². The minimum atomic E-state index is -4.49. The molecule has 0 aliphatic carbocycles. The second kappa shape index (κ2) is 6.86. The molecule has 1 aromatic carbocycles. The smallest absolute Gasteiger partial charge is 0.416 e. The lowest BCUT2D eigenvalue weighted by Gasteiger charge is -2.46. The summed E-state index contributed by atoms with van der Waals surface area (Å²) in [5.74, 6) is -0.435. The fourth-order valence-electron chi connectivity index (χ4n) is 3.30. The molecular formula is C18H23F3O4. The SMILES string of the molecule is CCC1(CC)CC(O)(CCOC(C)=O)c2ccc(C(F)(F)F)cc2O1. The van der Waals surface area contributed by atoms with E-state index in [0.717, 1.165) is 12.1 Å². The third kappa shape index (κ3) is 4.08. The van der Waals surface area contributed by atoms with Crippen LogP contribution >= 0.6 is 0 Å². The van der Waals surface area contributed by atoms with Gasteiger partial charge in [-0.1, -0.05) is 19.9 Å². The Bertz CT molecular complexity index is 638. The minimum absolute atomic E-state index is 0.0181. The Morgan fingerprint density at radius 1 is 1.32 bits per heavy atom. The summed E-state index contributed by atoms with van der Waals surface area (Å²) in [7, 11) is 0. The molecular weight excluding hydrogens is 337 g/mol. The standard InChI is InChI=1S/C18H23F3O4/c1-4-16(5-2)11-17(23,8-9-24-12(3)22)14-7-6-13(18(19,20)21)10-15(14)25-16/h6-7,10,23H,4-5,8-9,11H2,1-3H3. The number of carbonyl (C=O) groups excluding carboxylic acids is 1. The van der Waals surface area contributed by atoms with E-state index in [4.69, 9.17) is 9.47 Å². The molecule has 7 heteroatoms. The highest BCUT2D eigenvalue weighted by Crippen LogP contribution is 2.49. The van der Waals surface area contributed by atoms with Gasteiger partial charge in [0.2, 0.25) is 0 Å². The highest BCUT2D eigenvalue weighted by atomic mass is 19.4. The number of rotatable bonds is 5. The van der Waals surface area contributed by atoms with Gasteiger partial charge in [-0.25, -0.2) is 0 Å². The van der Waals surface area contributed by atoms with E-state index in [1.165, 1.54) is 13.0 Å². The Balaban J connectivity index is 2.45. The van der Waals surface area contributed by atoms with Crippen LogP contribution in [0.25, 0.3) is 0 Å². The minimum Gasteiger partial charge on any atom is -0.487 e. The monoisotopic (exact) mass is 360 g/mol. The first kappa shape index (κ1) is 19.6. The zero-order valence-corrected chi connectivity index (χ0v) is 14.6. The molecule has 0 spiro atoms. The van der Waals surface area contributed by atoms with E-state index in [0.29, 0.717) is 18.4 Å². The fraction of sp³-hybridized carbons (Fsp3) is 0.611. The Labute approximate surface area is 144 Å². The van der Waals surface area contributed by atoms with Crippen LogP contribution in [0.15, 0.2) is 18.2 Å². The maximum absolute atomic E-state index is 13.0. The molecule has 0 saturated heterocycles. The van der Waals surface area contributed by atoms with Crippen molar-refractivity contribution in [1.82, 2.24) is 0 Å². The van der Waals surface area contributed by atoms with Gasteiger partial charge in [0.15, 0.2) is 0 Å². The summed E-state index contributed by atoms with van der Waals surface area (Å²) < 4.78 is 49.9. The van der Waals surface area contributed by atoms with Crippen LogP contribution in [0.2, 0.25) is 0 Å². The van der Waals surface area contributed by atoms with Gasteiger partial charge in [-0.3, -0.25) is 4.79 Å². The van der Waals surface area contributed by atoms with E-state index in [1.54, 1.807) is 0 Å². The number of carbonyl (C=O) groups is 1. The lowest BCUT2D eigenvalue weighted by molar-refractivity contribution is -0.145. The molecule has 1 atom stereocenters. The van der Waals surface area contributed by atoms with Crippen LogP contribution in [0, 0.1) is 0 Å². The Morgan fingerprint density at radius 2 is 1.96 bits per heavy atom. The van der Waals surface area contributed by atoms with Crippen molar-refractivity contribution >= 4 is 5.97 Å². The van der Waals surface area contributed by atoms with E-state index in [9.17, 15) is 23.1 Å². The molecule has 4 nitrogen and oxygen atoms in total. The molecule has 0 amide bonds. The van der Waals surface area contributed by atoms with E-state index < -0.39 is 28.9 Å². The van der Waals surface area contributed by atoms with E-state index in [1.807, 2.05) is 13.8 Å². The number of benzene rings is 1. The number of ether oxygens (including phenoxy) is 2. The summed E-state index contributed by atoms with van der Waals surface area (Å²) in [6.07, 6.45) is -3.10. The van der Waals surface area contributed by atoms with Crippen molar-refractivity contribution in [3.8, 4) is 5.75 Å². The first-order valence-corrected chi connectivity index (χ1v) is 8.32. The van der Waals surface area contributed by atoms with Crippen LogP contribution in [0.5, 0.6) is 5.75 Å². The molecule has 1 unspecified atom stereocenters. The van der Waals surface area contributed by atoms with Crippen LogP contribution in [0.3, 0.4) is 0 Å². The quantitative estimate of drug-likeness (QED) is 0.800. The van der Waals surface area contributed by atoms with Gasteiger partial charge in [-0.15, -0.1) is 0 Å². The van der Waals surface area contributed by atoms with Gasteiger partial charge in [0, 0.05) is 25.3 Å². The first-order valence-electron chi connectivity index (χ1n) is 8.32. The third-order valence-corrected chi connectivity index (χ3v) is 4.86. The average Bonchev–Trinajstić information content (AvgIpc) is 2.52. The van der Waals surface area contributed by atoms with E-state index in [2.05, 4.69) is 0 Å². The molecule has 0 fully saturated rings. The molecule has 2 rings (SSSR count). The highest BCUT2D eigenvalue weighted by Gasteiger charge is 2.47. The molecule has 0 radical (unpaired) electrons. The molecule has 140 valence electrons. The summed E-state index contributed by atoms with van der Waals surface area (Å²) in [5.41, 5.74) is -2.71. The van der Waals surface area contributed by atoms with Crippen molar-refractivity contribution < 1.29 is 32.5 Å². The third-order valence-electron chi connectivity index (χ3n) is 4.86. The summed E-state index contributed by atoms with van der Waals surface area (Å²) >= 11 is 0. The van der Waals surface area contributed by atoms with Gasteiger partial charge in [0.05, 0.1) is 12.2 Å². The number of hydrogen-bond acceptors (Lipinski definition) is 4. The number of esters is 1. The van der Waals surface area contributed by atoms with Gasteiger partial charge in [0.1, 0.15) is 17.0 Å². The first-order chi connectivity index (χ1) is 11.6. The maximum Gasteiger partial charge on any atom is 0.416 e. The second-order valence-corrected chi connectivity index (χ2v) is 6.50. The van der Waals surface area contributed by atoms with Crippen LogP contribution < -0.4 is 4.74 Å². The molecule has 0 bridgehead atoms. The van der Waals surface area contributed by atoms with Crippen LogP contribution in [0.4, 0.5) is 13.2 Å². The van der Waals surface area contributed by atoms with Gasteiger partial charge >= 0.3 is 12.1 Å². The Kier molecular flexibility index (Phi) is 5.37. The van der Waals surface area contributed by atoms with E-state index in [-0.39, 0.29) is 25.2 Å². The van der Waals surface area contributed by atoms with Crippen molar-refractivity contribution in [2.75, 3.05) is 6.61 Å². The number of fused-ring (bicyclic) bond motifs is 1. The number of halogens is 3. The van der Waals surface area contributed by atoms with Crippen LogP contribution in [-0.2, 0) is 21.3 Å². The summed E-state index contributed by atoms with van der Waals surface area (Å²) in [6, 6.07) is 3.12. The van der Waals surface area contributed by atoms with Crippen molar-refractivity contribution in [1.29, 1.82) is 0 Å². The summed E-state index contributed by atoms with van der Waals surface area (Å²) in [5, 5.41) is 11.2. The van der Waals surface area contributed by atoms with Crippen molar-refractivity contribution in [3.05, 3.63) is 29.3 Å². The van der Waals surface area contributed by atoms with Crippen LogP contribution in [-0.4, -0.2) is 23.3 Å². The summed E-state index contributed by atoms with van der Waals surface area (Å²) in [4.78, 5) is 11.0. The van der Waals surface area contributed by atoms with Gasteiger partial charge in [-0.2, -0.15) is 13.2 Å². The molecule has 1 aliphatic heterocycles. The summed E-state index contributed by atoms with van der Waals surface area (Å²) in [6.45, 7) is 4.99. The highest BCUT2D eigenvalue weighted by molar-refractivity contribution is 5.65. The largest absolute Gasteiger partial charge is 0.487 e. The topological polar surface area (TPSA) is 55.8 Å². The van der Waals surface area contributed by atoms with Crippen molar-refractivity contribution in [3.63, 3.8) is 0 Å².